The second kappa shape index (κ2) is 5.99. The third kappa shape index (κ3) is 3.22. The van der Waals surface area contributed by atoms with Gasteiger partial charge in [0.05, 0.1) is 16.6 Å². The van der Waals surface area contributed by atoms with Gasteiger partial charge in [-0.1, -0.05) is 29.8 Å². The summed E-state index contributed by atoms with van der Waals surface area (Å²) in [5.74, 6) is -0.253. The predicted molar refractivity (Wildman–Crippen MR) is 75.6 cm³/mol. The van der Waals surface area contributed by atoms with Crippen molar-refractivity contribution in [1.29, 1.82) is 0 Å². The number of pyridine rings is 1. The van der Waals surface area contributed by atoms with Gasteiger partial charge in [0, 0.05) is 19.0 Å². The molecular formula is C14H15ClN2O2. The highest BCUT2D eigenvalue weighted by molar-refractivity contribution is 6.35. The maximum Gasteiger partial charge on any atom is 0.270 e. The number of amides is 1. The van der Waals surface area contributed by atoms with Gasteiger partial charge in [0.15, 0.2) is 0 Å². The average molecular weight is 279 g/mol. The summed E-state index contributed by atoms with van der Waals surface area (Å²) in [5, 5.41) is 4.12. The smallest absolute Gasteiger partial charge is 0.270 e. The van der Waals surface area contributed by atoms with E-state index in [4.69, 9.17) is 16.3 Å². The Kier molecular flexibility index (Phi) is 4.35. The second-order valence-electron chi connectivity index (χ2n) is 4.26. The van der Waals surface area contributed by atoms with Gasteiger partial charge in [0.25, 0.3) is 5.91 Å². The highest BCUT2D eigenvalue weighted by Crippen LogP contribution is 2.22. The molecule has 2 aromatic rings. The zero-order valence-corrected chi connectivity index (χ0v) is 11.6. The number of nitrogens with one attached hydrogen (secondary N) is 1. The van der Waals surface area contributed by atoms with Crippen LogP contribution in [0.15, 0.2) is 30.3 Å². The number of carbonyl (C=O) groups is 1. The number of rotatable bonds is 4. The van der Waals surface area contributed by atoms with Gasteiger partial charge in [-0.15, -0.1) is 0 Å². The number of hydrogen-bond donors (Lipinski definition) is 1. The van der Waals surface area contributed by atoms with Gasteiger partial charge in [-0.3, -0.25) is 4.79 Å². The summed E-state index contributed by atoms with van der Waals surface area (Å²) in [7, 11) is 1.60. The molecule has 1 unspecified atom stereocenters. The summed E-state index contributed by atoms with van der Waals surface area (Å²) >= 11 is 6.15. The molecule has 1 heterocycles. The molecule has 1 amide bonds. The van der Waals surface area contributed by atoms with Crippen LogP contribution in [-0.2, 0) is 4.74 Å². The SMILES string of the molecule is COC(C)CNC(=O)c1cc(Cl)c2ccccc2n1. The molecular weight excluding hydrogens is 264 g/mol. The van der Waals surface area contributed by atoms with E-state index in [0.717, 1.165) is 5.39 Å². The molecule has 0 saturated carbocycles. The molecule has 0 spiro atoms. The van der Waals surface area contributed by atoms with Crippen molar-refractivity contribution in [2.45, 2.75) is 13.0 Å². The lowest BCUT2D eigenvalue weighted by Crippen LogP contribution is -2.32. The number of fused-ring (bicyclic) bond motifs is 1. The van der Waals surface area contributed by atoms with Crippen molar-refractivity contribution in [3.8, 4) is 0 Å². The van der Waals surface area contributed by atoms with E-state index in [-0.39, 0.29) is 12.0 Å². The maximum atomic E-state index is 12.0. The number of nitrogens with zero attached hydrogens (tertiary/aromatic N) is 1. The first-order valence-corrected chi connectivity index (χ1v) is 6.36. The van der Waals surface area contributed by atoms with Crippen LogP contribution >= 0.6 is 11.6 Å². The van der Waals surface area contributed by atoms with Crippen molar-refractivity contribution in [1.82, 2.24) is 10.3 Å². The summed E-state index contributed by atoms with van der Waals surface area (Å²) in [6.07, 6.45) is -0.0418. The van der Waals surface area contributed by atoms with Gasteiger partial charge in [-0.05, 0) is 19.1 Å². The standard InChI is InChI=1S/C14H15ClN2O2/c1-9(19-2)8-16-14(18)13-7-11(15)10-5-3-4-6-12(10)17-13/h3-7,9H,8H2,1-2H3,(H,16,18). The van der Waals surface area contributed by atoms with Gasteiger partial charge in [0.1, 0.15) is 5.69 Å². The Morgan fingerprint density at radius 3 is 2.95 bits per heavy atom. The zero-order chi connectivity index (χ0) is 13.8. The lowest BCUT2D eigenvalue weighted by molar-refractivity contribution is 0.0866. The molecule has 19 heavy (non-hydrogen) atoms. The molecule has 1 N–H and O–H groups in total. The Labute approximate surface area is 116 Å². The van der Waals surface area contributed by atoms with E-state index >= 15 is 0 Å². The molecule has 0 saturated heterocycles. The Morgan fingerprint density at radius 2 is 2.21 bits per heavy atom. The van der Waals surface area contributed by atoms with Crippen molar-refractivity contribution >= 4 is 28.4 Å². The van der Waals surface area contributed by atoms with Crippen LogP contribution in [0, 0.1) is 0 Å². The Hall–Kier alpha value is -1.65. The normalized spacial score (nSPS) is 12.4. The highest BCUT2D eigenvalue weighted by Gasteiger charge is 2.11. The maximum absolute atomic E-state index is 12.0. The molecule has 2 rings (SSSR count). The van der Waals surface area contributed by atoms with Gasteiger partial charge >= 0.3 is 0 Å². The largest absolute Gasteiger partial charge is 0.380 e. The van der Waals surface area contributed by atoms with E-state index in [1.807, 2.05) is 31.2 Å². The van der Waals surface area contributed by atoms with Crippen LogP contribution < -0.4 is 5.32 Å². The predicted octanol–water partition coefficient (Wildman–Crippen LogP) is 2.65. The van der Waals surface area contributed by atoms with E-state index in [9.17, 15) is 4.79 Å². The van der Waals surface area contributed by atoms with Gasteiger partial charge < -0.3 is 10.1 Å². The lowest BCUT2D eigenvalue weighted by atomic mass is 10.2. The average Bonchev–Trinajstić information content (AvgIpc) is 2.44. The van der Waals surface area contributed by atoms with Crippen LogP contribution in [0.3, 0.4) is 0 Å². The fourth-order valence-electron chi connectivity index (χ4n) is 1.66. The van der Waals surface area contributed by atoms with E-state index in [1.54, 1.807) is 13.2 Å². The molecule has 0 fully saturated rings. The first-order valence-electron chi connectivity index (χ1n) is 5.98. The number of benzene rings is 1. The third-order valence-electron chi connectivity index (χ3n) is 2.85. The van der Waals surface area contributed by atoms with Crippen molar-refractivity contribution in [2.24, 2.45) is 0 Å². The summed E-state index contributed by atoms with van der Waals surface area (Å²) in [5.41, 5.74) is 1.02. The fourth-order valence-corrected chi connectivity index (χ4v) is 1.92. The number of hydrogen-bond acceptors (Lipinski definition) is 3. The molecule has 1 atom stereocenters. The summed E-state index contributed by atoms with van der Waals surface area (Å²) in [4.78, 5) is 16.3. The minimum absolute atomic E-state index is 0.0418. The van der Waals surface area contributed by atoms with Crippen LogP contribution in [0.1, 0.15) is 17.4 Å². The fraction of sp³-hybridized carbons (Fsp3) is 0.286. The minimum Gasteiger partial charge on any atom is -0.380 e. The molecule has 1 aromatic heterocycles. The first kappa shape index (κ1) is 13.8. The number of carbonyl (C=O) groups excluding carboxylic acids is 1. The quantitative estimate of drug-likeness (QED) is 0.935. The van der Waals surface area contributed by atoms with Gasteiger partial charge in [-0.2, -0.15) is 0 Å². The van der Waals surface area contributed by atoms with E-state index in [1.165, 1.54) is 0 Å². The molecule has 4 nitrogen and oxygen atoms in total. The number of ether oxygens (including phenoxy) is 1. The Morgan fingerprint density at radius 1 is 1.47 bits per heavy atom. The van der Waals surface area contributed by atoms with Crippen LogP contribution in [0.4, 0.5) is 0 Å². The first-order chi connectivity index (χ1) is 9.11. The molecule has 0 aliphatic rings. The Balaban J connectivity index is 2.23. The topological polar surface area (TPSA) is 51.2 Å². The second-order valence-corrected chi connectivity index (χ2v) is 4.67. The zero-order valence-electron chi connectivity index (χ0n) is 10.8. The molecule has 1 aromatic carbocycles. The third-order valence-corrected chi connectivity index (χ3v) is 3.16. The lowest BCUT2D eigenvalue weighted by Gasteiger charge is -2.11. The van der Waals surface area contributed by atoms with Crippen molar-refractivity contribution < 1.29 is 9.53 Å². The van der Waals surface area contributed by atoms with Crippen molar-refractivity contribution in [3.63, 3.8) is 0 Å². The molecule has 0 radical (unpaired) electrons. The van der Waals surface area contributed by atoms with Crippen molar-refractivity contribution in [2.75, 3.05) is 13.7 Å². The molecule has 0 aliphatic heterocycles. The number of methoxy groups -OCH3 is 1. The molecule has 100 valence electrons. The van der Waals surface area contributed by atoms with Gasteiger partial charge in [-0.25, -0.2) is 4.98 Å². The summed E-state index contributed by atoms with van der Waals surface area (Å²) in [6.45, 7) is 2.31. The van der Waals surface area contributed by atoms with Gasteiger partial charge in [0.2, 0.25) is 0 Å². The number of aromatic nitrogens is 1. The highest BCUT2D eigenvalue weighted by atomic mass is 35.5. The molecule has 0 bridgehead atoms. The van der Waals surface area contributed by atoms with E-state index in [0.29, 0.717) is 22.8 Å². The number of halogens is 1. The van der Waals surface area contributed by atoms with Crippen LogP contribution in [0.2, 0.25) is 5.02 Å². The molecule has 5 heteroatoms. The monoisotopic (exact) mass is 278 g/mol. The van der Waals surface area contributed by atoms with Crippen LogP contribution in [0.25, 0.3) is 10.9 Å². The number of para-hydroxylation sites is 1. The molecule has 0 aliphatic carbocycles. The summed E-state index contributed by atoms with van der Waals surface area (Å²) in [6, 6.07) is 9.03. The van der Waals surface area contributed by atoms with E-state index in [2.05, 4.69) is 10.3 Å². The van der Waals surface area contributed by atoms with Crippen LogP contribution in [-0.4, -0.2) is 30.6 Å². The summed E-state index contributed by atoms with van der Waals surface area (Å²) < 4.78 is 5.07. The van der Waals surface area contributed by atoms with Crippen molar-refractivity contribution in [3.05, 3.63) is 41.0 Å². The Bertz CT molecular complexity index is 601. The van der Waals surface area contributed by atoms with Crippen LogP contribution in [0.5, 0.6) is 0 Å². The minimum atomic E-state index is -0.253. The van der Waals surface area contributed by atoms with E-state index < -0.39 is 0 Å².